The second-order valence-corrected chi connectivity index (χ2v) is 6.91. The van der Waals surface area contributed by atoms with Crippen LogP contribution >= 0.6 is 11.6 Å². The summed E-state index contributed by atoms with van der Waals surface area (Å²) in [5.74, 6) is -0.633. The molecule has 1 aliphatic rings. The highest BCUT2D eigenvalue weighted by molar-refractivity contribution is 6.33. The molecule has 138 valence electrons. The Balaban J connectivity index is 1.61. The van der Waals surface area contributed by atoms with Crippen LogP contribution in [-0.2, 0) is 7.05 Å². The van der Waals surface area contributed by atoms with Crippen molar-refractivity contribution < 1.29 is 14.0 Å². The van der Waals surface area contributed by atoms with E-state index in [4.69, 9.17) is 11.6 Å². The van der Waals surface area contributed by atoms with Crippen molar-refractivity contribution in [3.8, 4) is 0 Å². The largest absolute Gasteiger partial charge is 0.334 e. The number of halogens is 2. The maximum absolute atomic E-state index is 13.0. The minimum absolute atomic E-state index is 0.0135. The highest BCUT2D eigenvalue weighted by atomic mass is 35.5. The van der Waals surface area contributed by atoms with Gasteiger partial charge in [0.25, 0.3) is 5.91 Å². The van der Waals surface area contributed by atoms with Crippen LogP contribution < -0.4 is 0 Å². The lowest BCUT2D eigenvalue weighted by Gasteiger charge is -2.39. The van der Waals surface area contributed by atoms with Crippen LogP contribution in [0.2, 0.25) is 5.02 Å². The molecule has 1 aromatic carbocycles. The molecular weight excluding hydrogens is 359 g/mol. The van der Waals surface area contributed by atoms with Gasteiger partial charge in [0.05, 0.1) is 11.6 Å². The second-order valence-electron chi connectivity index (χ2n) is 6.50. The number of ketones is 1. The van der Waals surface area contributed by atoms with E-state index >= 15 is 0 Å². The molecule has 0 spiro atoms. The number of hydrogen-bond donors (Lipinski definition) is 0. The molecule has 1 unspecified atom stereocenters. The third-order valence-corrected chi connectivity index (χ3v) is 4.83. The Morgan fingerprint density at radius 2 is 1.96 bits per heavy atom. The first-order chi connectivity index (χ1) is 12.3. The van der Waals surface area contributed by atoms with E-state index in [0.29, 0.717) is 30.2 Å². The van der Waals surface area contributed by atoms with E-state index in [1.807, 2.05) is 11.8 Å². The Morgan fingerprint density at radius 1 is 1.27 bits per heavy atom. The number of aromatic nitrogens is 2. The van der Waals surface area contributed by atoms with Gasteiger partial charge in [-0.05, 0) is 31.2 Å². The predicted octanol–water partition coefficient (Wildman–Crippen LogP) is 2.24. The number of amides is 1. The van der Waals surface area contributed by atoms with Gasteiger partial charge in [0.2, 0.25) is 0 Å². The minimum atomic E-state index is -0.366. The van der Waals surface area contributed by atoms with Gasteiger partial charge in [-0.15, -0.1) is 0 Å². The number of aryl methyl sites for hydroxylation is 1. The van der Waals surface area contributed by atoms with Gasteiger partial charge in [-0.2, -0.15) is 5.10 Å². The van der Waals surface area contributed by atoms with Crippen molar-refractivity contribution in [2.75, 3.05) is 26.2 Å². The normalized spacial score (nSPS) is 18.2. The smallest absolute Gasteiger partial charge is 0.276 e. The standard InChI is InChI=1S/C18H20ClFN4O2/c1-12-9-24(18(26)17-15(19)10-22(2)21-17)8-7-23(12)11-16(25)13-3-5-14(20)6-4-13/h3-6,10,12H,7-9,11H2,1-2H3. The first kappa shape index (κ1) is 18.5. The third kappa shape index (κ3) is 3.94. The van der Waals surface area contributed by atoms with Crippen LogP contribution in [0.15, 0.2) is 30.5 Å². The van der Waals surface area contributed by atoms with Gasteiger partial charge in [0.15, 0.2) is 11.5 Å². The van der Waals surface area contributed by atoms with Gasteiger partial charge in [0, 0.05) is 44.5 Å². The molecular formula is C18H20ClFN4O2. The lowest BCUT2D eigenvalue weighted by molar-refractivity contribution is 0.0497. The van der Waals surface area contributed by atoms with Crippen molar-refractivity contribution in [2.45, 2.75) is 13.0 Å². The van der Waals surface area contributed by atoms with Crippen LogP contribution in [0.25, 0.3) is 0 Å². The lowest BCUT2D eigenvalue weighted by atomic mass is 10.1. The summed E-state index contributed by atoms with van der Waals surface area (Å²) >= 11 is 6.06. The van der Waals surface area contributed by atoms with Crippen LogP contribution in [0, 0.1) is 5.82 Å². The summed E-state index contributed by atoms with van der Waals surface area (Å²) in [4.78, 5) is 28.7. The van der Waals surface area contributed by atoms with Crippen LogP contribution in [0.1, 0.15) is 27.8 Å². The molecule has 1 fully saturated rings. The number of carbonyl (C=O) groups is 2. The molecule has 2 aromatic rings. The van der Waals surface area contributed by atoms with Crippen molar-refractivity contribution in [2.24, 2.45) is 7.05 Å². The van der Waals surface area contributed by atoms with Gasteiger partial charge in [0.1, 0.15) is 5.82 Å². The molecule has 0 radical (unpaired) electrons. The van der Waals surface area contributed by atoms with Crippen molar-refractivity contribution >= 4 is 23.3 Å². The van der Waals surface area contributed by atoms with E-state index < -0.39 is 0 Å². The van der Waals surface area contributed by atoms with Gasteiger partial charge in [-0.1, -0.05) is 11.6 Å². The SMILES string of the molecule is CC1CN(C(=O)c2nn(C)cc2Cl)CCN1CC(=O)c1ccc(F)cc1. The van der Waals surface area contributed by atoms with E-state index in [2.05, 4.69) is 5.10 Å². The van der Waals surface area contributed by atoms with Crippen molar-refractivity contribution in [3.63, 3.8) is 0 Å². The first-order valence-corrected chi connectivity index (χ1v) is 8.74. The summed E-state index contributed by atoms with van der Waals surface area (Å²) in [6.45, 7) is 3.76. The zero-order valence-corrected chi connectivity index (χ0v) is 15.4. The van der Waals surface area contributed by atoms with E-state index in [1.54, 1.807) is 18.1 Å². The molecule has 1 aromatic heterocycles. The second kappa shape index (κ2) is 7.55. The lowest BCUT2D eigenvalue weighted by Crippen LogP contribution is -2.54. The van der Waals surface area contributed by atoms with Crippen molar-refractivity contribution in [1.82, 2.24) is 19.6 Å². The van der Waals surface area contributed by atoms with Crippen molar-refractivity contribution in [3.05, 3.63) is 52.6 Å². The van der Waals surface area contributed by atoms with Gasteiger partial charge >= 0.3 is 0 Å². The topological polar surface area (TPSA) is 58.4 Å². The summed E-state index contributed by atoms with van der Waals surface area (Å²) in [6, 6.07) is 5.56. The van der Waals surface area contributed by atoms with Crippen LogP contribution in [-0.4, -0.2) is 63.5 Å². The number of piperazine rings is 1. The van der Waals surface area contributed by atoms with Crippen molar-refractivity contribution in [1.29, 1.82) is 0 Å². The highest BCUT2D eigenvalue weighted by Crippen LogP contribution is 2.18. The molecule has 0 saturated carbocycles. The third-order valence-electron chi connectivity index (χ3n) is 4.55. The van der Waals surface area contributed by atoms with E-state index in [9.17, 15) is 14.0 Å². The zero-order chi connectivity index (χ0) is 18.8. The molecule has 6 nitrogen and oxygen atoms in total. The molecule has 26 heavy (non-hydrogen) atoms. The number of rotatable bonds is 4. The molecule has 1 atom stereocenters. The molecule has 0 bridgehead atoms. The Hall–Kier alpha value is -2.25. The number of nitrogens with zero attached hydrogens (tertiary/aromatic N) is 4. The fraction of sp³-hybridized carbons (Fsp3) is 0.389. The Bertz CT molecular complexity index is 821. The quantitative estimate of drug-likeness (QED) is 0.766. The van der Waals surface area contributed by atoms with Gasteiger partial charge < -0.3 is 4.90 Å². The zero-order valence-electron chi connectivity index (χ0n) is 14.7. The number of Topliss-reactive ketones (excluding diaryl/α,β-unsaturated/α-hetero) is 1. The van der Waals surface area contributed by atoms with E-state index in [1.165, 1.54) is 28.9 Å². The molecule has 1 aliphatic heterocycles. The fourth-order valence-corrected chi connectivity index (χ4v) is 3.34. The monoisotopic (exact) mass is 378 g/mol. The summed E-state index contributed by atoms with van der Waals surface area (Å²) in [6.07, 6.45) is 1.59. The summed E-state index contributed by atoms with van der Waals surface area (Å²) in [7, 11) is 1.71. The first-order valence-electron chi connectivity index (χ1n) is 8.36. The molecule has 1 amide bonds. The Labute approximate surface area is 156 Å². The average molecular weight is 379 g/mol. The summed E-state index contributed by atoms with van der Waals surface area (Å²) < 4.78 is 14.5. The minimum Gasteiger partial charge on any atom is -0.334 e. The average Bonchev–Trinajstić information content (AvgIpc) is 2.94. The number of hydrogen-bond acceptors (Lipinski definition) is 4. The van der Waals surface area contributed by atoms with Crippen LogP contribution in [0.3, 0.4) is 0 Å². The molecule has 3 rings (SSSR count). The Kier molecular flexibility index (Phi) is 5.38. The molecule has 0 aliphatic carbocycles. The van der Waals surface area contributed by atoms with Crippen LogP contribution in [0.5, 0.6) is 0 Å². The van der Waals surface area contributed by atoms with Gasteiger partial charge in [-0.25, -0.2) is 4.39 Å². The molecule has 0 N–H and O–H groups in total. The van der Waals surface area contributed by atoms with E-state index in [-0.39, 0.29) is 35.8 Å². The molecule has 8 heteroatoms. The van der Waals surface area contributed by atoms with E-state index in [0.717, 1.165) is 0 Å². The van der Waals surface area contributed by atoms with Crippen LogP contribution in [0.4, 0.5) is 4.39 Å². The molecule has 2 heterocycles. The number of carbonyl (C=O) groups excluding carboxylic acids is 2. The summed E-state index contributed by atoms with van der Waals surface area (Å²) in [5.41, 5.74) is 0.731. The summed E-state index contributed by atoms with van der Waals surface area (Å²) in [5, 5.41) is 4.45. The Morgan fingerprint density at radius 3 is 2.54 bits per heavy atom. The maximum atomic E-state index is 13.0. The number of benzene rings is 1. The fourth-order valence-electron chi connectivity index (χ4n) is 3.08. The van der Waals surface area contributed by atoms with Gasteiger partial charge in [-0.3, -0.25) is 19.2 Å². The maximum Gasteiger partial charge on any atom is 0.276 e. The predicted molar refractivity (Wildman–Crippen MR) is 95.9 cm³/mol. The molecule has 1 saturated heterocycles. The highest BCUT2D eigenvalue weighted by Gasteiger charge is 2.30.